The number of nitrogens with zero attached hydrogens (tertiary/aromatic N) is 1. The van der Waals surface area contributed by atoms with Crippen molar-refractivity contribution in [2.24, 2.45) is 0 Å². The van der Waals surface area contributed by atoms with E-state index < -0.39 is 0 Å². The topological polar surface area (TPSA) is 71.8 Å². The molecular weight excluding hydrogens is 142 g/mol. The molecule has 0 aromatic carbocycles. The number of H-pyrrole nitrogens is 1. The van der Waals surface area contributed by atoms with E-state index in [1.165, 1.54) is 0 Å². The van der Waals surface area contributed by atoms with Gasteiger partial charge in [-0.2, -0.15) is 4.98 Å². The van der Waals surface area contributed by atoms with E-state index in [0.29, 0.717) is 11.7 Å². The molecule has 1 heterocycles. The van der Waals surface area contributed by atoms with Crippen LogP contribution in [0.5, 0.6) is 0 Å². The normalized spacial score (nSPS) is 16.7. The molecule has 0 aliphatic heterocycles. The molecule has 1 saturated carbocycles. The summed E-state index contributed by atoms with van der Waals surface area (Å²) in [5.41, 5.74) is 5.99. The molecule has 0 unspecified atom stereocenters. The molecule has 0 spiro atoms. The minimum Gasteiger partial charge on any atom is -0.383 e. The predicted molar refractivity (Wildman–Crippen MR) is 41.2 cm³/mol. The van der Waals surface area contributed by atoms with Crippen LogP contribution in [0.2, 0.25) is 0 Å². The van der Waals surface area contributed by atoms with Gasteiger partial charge in [0.1, 0.15) is 5.82 Å². The molecule has 0 radical (unpaired) electrons. The van der Waals surface area contributed by atoms with Crippen LogP contribution in [0.25, 0.3) is 0 Å². The number of aromatic amines is 1. The van der Waals surface area contributed by atoms with Crippen LogP contribution in [0.15, 0.2) is 10.9 Å². The summed E-state index contributed by atoms with van der Waals surface area (Å²) in [6, 6.07) is 1.74. The van der Waals surface area contributed by atoms with Gasteiger partial charge in [0.25, 0.3) is 0 Å². The highest BCUT2D eigenvalue weighted by Gasteiger charge is 2.24. The number of nitrogens with one attached hydrogen (secondary N) is 1. The Balaban J connectivity index is 2.47. The van der Waals surface area contributed by atoms with Crippen LogP contribution in [0, 0.1) is 0 Å². The van der Waals surface area contributed by atoms with Crippen LogP contribution >= 0.6 is 0 Å². The fourth-order valence-electron chi connectivity index (χ4n) is 1.11. The van der Waals surface area contributed by atoms with E-state index in [1.807, 2.05) is 0 Å². The molecule has 11 heavy (non-hydrogen) atoms. The summed E-state index contributed by atoms with van der Waals surface area (Å²) in [5, 5.41) is 0. The fourth-order valence-corrected chi connectivity index (χ4v) is 1.11. The molecule has 1 aromatic heterocycles. The van der Waals surface area contributed by atoms with E-state index in [4.69, 9.17) is 5.73 Å². The van der Waals surface area contributed by atoms with E-state index >= 15 is 0 Å². The molecule has 58 valence electrons. The second kappa shape index (κ2) is 2.08. The molecule has 1 aliphatic rings. The first-order chi connectivity index (χ1) is 5.25. The zero-order chi connectivity index (χ0) is 7.84. The van der Waals surface area contributed by atoms with Crippen LogP contribution in [-0.2, 0) is 0 Å². The number of anilines is 1. The first kappa shape index (κ1) is 6.39. The summed E-state index contributed by atoms with van der Waals surface area (Å²) < 4.78 is 0. The van der Waals surface area contributed by atoms with Gasteiger partial charge in [-0.1, -0.05) is 0 Å². The minimum absolute atomic E-state index is 0.315. The van der Waals surface area contributed by atoms with Crippen molar-refractivity contribution in [1.82, 2.24) is 9.97 Å². The number of aromatic nitrogens is 2. The Hall–Kier alpha value is -1.32. The third kappa shape index (κ3) is 1.24. The second-order valence-electron chi connectivity index (χ2n) is 2.84. The van der Waals surface area contributed by atoms with Crippen molar-refractivity contribution in [1.29, 1.82) is 0 Å². The maximum absolute atomic E-state index is 10.8. The van der Waals surface area contributed by atoms with E-state index in [0.717, 1.165) is 18.5 Å². The highest BCUT2D eigenvalue weighted by Crippen LogP contribution is 2.38. The number of nitrogens with two attached hydrogens (primary N) is 1. The monoisotopic (exact) mass is 151 g/mol. The first-order valence-electron chi connectivity index (χ1n) is 3.62. The van der Waals surface area contributed by atoms with Gasteiger partial charge in [0.2, 0.25) is 0 Å². The van der Waals surface area contributed by atoms with Crippen molar-refractivity contribution in [3.63, 3.8) is 0 Å². The lowest BCUT2D eigenvalue weighted by atomic mass is 10.3. The molecule has 1 aromatic rings. The fraction of sp³-hybridized carbons (Fsp3) is 0.429. The Morgan fingerprint density at radius 1 is 1.64 bits per heavy atom. The third-order valence-corrected chi connectivity index (χ3v) is 1.80. The number of hydrogen-bond donors (Lipinski definition) is 2. The standard InChI is InChI=1S/C7H9N3O/c8-6-3-5(4-1-2-4)9-7(11)10-6/h3-4H,1-2H2,(H3,8,9,10,11). The highest BCUT2D eigenvalue weighted by molar-refractivity contribution is 5.30. The average molecular weight is 151 g/mol. The molecule has 1 fully saturated rings. The van der Waals surface area contributed by atoms with Gasteiger partial charge in [-0.05, 0) is 18.8 Å². The molecule has 0 bridgehead atoms. The summed E-state index contributed by atoms with van der Waals surface area (Å²) in [6.45, 7) is 0. The number of nitrogen functional groups attached to an aromatic ring is 1. The number of rotatable bonds is 1. The van der Waals surface area contributed by atoms with Crippen LogP contribution in [0.1, 0.15) is 24.5 Å². The molecule has 0 amide bonds. The predicted octanol–water partition coefficient (Wildman–Crippen LogP) is 0.230. The number of hydrogen-bond acceptors (Lipinski definition) is 3. The van der Waals surface area contributed by atoms with Gasteiger partial charge in [-0.25, -0.2) is 4.79 Å². The zero-order valence-electron chi connectivity index (χ0n) is 6.00. The lowest BCUT2D eigenvalue weighted by Gasteiger charge is -1.96. The Labute approximate surface area is 63.5 Å². The molecule has 1 aliphatic carbocycles. The smallest absolute Gasteiger partial charge is 0.347 e. The van der Waals surface area contributed by atoms with Crippen molar-refractivity contribution in [2.75, 3.05) is 5.73 Å². The zero-order valence-corrected chi connectivity index (χ0v) is 6.00. The van der Waals surface area contributed by atoms with Gasteiger partial charge >= 0.3 is 5.69 Å². The van der Waals surface area contributed by atoms with Crippen molar-refractivity contribution in [3.05, 3.63) is 22.2 Å². The molecular formula is C7H9N3O. The van der Waals surface area contributed by atoms with E-state index in [2.05, 4.69) is 9.97 Å². The Morgan fingerprint density at radius 3 is 2.91 bits per heavy atom. The molecule has 3 N–H and O–H groups in total. The quantitative estimate of drug-likeness (QED) is 0.603. The molecule has 0 saturated heterocycles. The average Bonchev–Trinajstić information content (AvgIpc) is 2.64. The van der Waals surface area contributed by atoms with Gasteiger partial charge in [-0.15, -0.1) is 0 Å². The Bertz CT molecular complexity index is 327. The molecule has 4 nitrogen and oxygen atoms in total. The van der Waals surface area contributed by atoms with Crippen molar-refractivity contribution >= 4 is 5.82 Å². The van der Waals surface area contributed by atoms with E-state index in [9.17, 15) is 4.79 Å². The van der Waals surface area contributed by atoms with Gasteiger partial charge in [0, 0.05) is 11.8 Å². The SMILES string of the molecule is Nc1cc(C2CC2)[nH]c(=O)n1. The van der Waals surface area contributed by atoms with E-state index in [1.54, 1.807) is 6.07 Å². The summed E-state index contributed by atoms with van der Waals surface area (Å²) in [6.07, 6.45) is 2.30. The van der Waals surface area contributed by atoms with Gasteiger partial charge in [0.05, 0.1) is 0 Å². The summed E-state index contributed by atoms with van der Waals surface area (Å²) >= 11 is 0. The maximum atomic E-state index is 10.8. The van der Waals surface area contributed by atoms with Crippen LogP contribution < -0.4 is 11.4 Å². The van der Waals surface area contributed by atoms with Crippen LogP contribution in [-0.4, -0.2) is 9.97 Å². The van der Waals surface area contributed by atoms with E-state index in [-0.39, 0.29) is 5.69 Å². The molecule has 2 rings (SSSR count). The largest absolute Gasteiger partial charge is 0.383 e. The van der Waals surface area contributed by atoms with Gasteiger partial charge < -0.3 is 10.7 Å². The maximum Gasteiger partial charge on any atom is 0.347 e. The second-order valence-corrected chi connectivity index (χ2v) is 2.84. The highest BCUT2D eigenvalue weighted by atomic mass is 16.1. The van der Waals surface area contributed by atoms with Crippen molar-refractivity contribution < 1.29 is 0 Å². The summed E-state index contributed by atoms with van der Waals surface area (Å²) in [4.78, 5) is 17.0. The van der Waals surface area contributed by atoms with Crippen LogP contribution in [0.3, 0.4) is 0 Å². The lowest BCUT2D eigenvalue weighted by Crippen LogP contribution is -2.14. The van der Waals surface area contributed by atoms with Gasteiger partial charge in [0.15, 0.2) is 0 Å². The van der Waals surface area contributed by atoms with Gasteiger partial charge in [-0.3, -0.25) is 0 Å². The molecule has 0 atom stereocenters. The first-order valence-corrected chi connectivity index (χ1v) is 3.62. The lowest BCUT2D eigenvalue weighted by molar-refractivity contribution is 0.953. The molecule has 4 heteroatoms. The Morgan fingerprint density at radius 2 is 2.36 bits per heavy atom. The van der Waals surface area contributed by atoms with Crippen molar-refractivity contribution in [2.45, 2.75) is 18.8 Å². The minimum atomic E-state index is -0.341. The third-order valence-electron chi connectivity index (χ3n) is 1.80. The van der Waals surface area contributed by atoms with Crippen molar-refractivity contribution in [3.8, 4) is 0 Å². The summed E-state index contributed by atoms with van der Waals surface area (Å²) in [5.74, 6) is 0.837. The Kier molecular flexibility index (Phi) is 1.21. The summed E-state index contributed by atoms with van der Waals surface area (Å²) in [7, 11) is 0. The van der Waals surface area contributed by atoms with Crippen LogP contribution in [0.4, 0.5) is 5.82 Å².